The molecular formula is C18H20ClNO2. The van der Waals surface area contributed by atoms with Crippen molar-refractivity contribution in [1.29, 1.82) is 0 Å². The molecule has 0 spiro atoms. The number of halogens is 1. The minimum Gasteiger partial charge on any atom is -0.494 e. The van der Waals surface area contributed by atoms with E-state index < -0.39 is 0 Å². The lowest BCUT2D eigenvalue weighted by Crippen LogP contribution is -2.26. The zero-order chi connectivity index (χ0) is 16.1. The van der Waals surface area contributed by atoms with Crippen molar-refractivity contribution in [3.05, 3.63) is 64.2 Å². The van der Waals surface area contributed by atoms with Gasteiger partial charge in [0.15, 0.2) is 0 Å². The van der Waals surface area contributed by atoms with E-state index >= 15 is 0 Å². The molecule has 0 saturated carbocycles. The third kappa shape index (κ3) is 4.01. The van der Waals surface area contributed by atoms with Gasteiger partial charge in [-0.2, -0.15) is 0 Å². The number of benzene rings is 2. The Labute approximate surface area is 136 Å². The molecule has 0 aliphatic heterocycles. The maximum Gasteiger partial charge on any atom is 0.251 e. The smallest absolute Gasteiger partial charge is 0.251 e. The normalized spacial score (nSPS) is 11.8. The molecule has 1 atom stereocenters. The Kier molecular flexibility index (Phi) is 5.45. The van der Waals surface area contributed by atoms with Gasteiger partial charge >= 0.3 is 0 Å². The van der Waals surface area contributed by atoms with Gasteiger partial charge in [-0.3, -0.25) is 4.79 Å². The maximum absolute atomic E-state index is 12.3. The molecule has 0 saturated heterocycles. The van der Waals surface area contributed by atoms with Gasteiger partial charge in [-0.1, -0.05) is 23.7 Å². The molecule has 0 fully saturated rings. The molecular weight excluding hydrogens is 298 g/mol. The molecule has 0 aromatic heterocycles. The van der Waals surface area contributed by atoms with Crippen LogP contribution in [0.3, 0.4) is 0 Å². The van der Waals surface area contributed by atoms with E-state index in [4.69, 9.17) is 16.3 Å². The summed E-state index contributed by atoms with van der Waals surface area (Å²) in [6.45, 7) is 6.43. The van der Waals surface area contributed by atoms with E-state index in [1.165, 1.54) is 0 Å². The molecule has 1 N–H and O–H groups in total. The zero-order valence-electron chi connectivity index (χ0n) is 13.0. The first kappa shape index (κ1) is 16.4. The molecule has 116 valence electrons. The minimum atomic E-state index is -0.103. The van der Waals surface area contributed by atoms with Crippen molar-refractivity contribution < 1.29 is 9.53 Å². The predicted molar refractivity (Wildman–Crippen MR) is 89.7 cm³/mol. The first-order valence-electron chi connectivity index (χ1n) is 7.31. The van der Waals surface area contributed by atoms with Crippen LogP contribution in [0, 0.1) is 6.92 Å². The Morgan fingerprint density at radius 1 is 1.23 bits per heavy atom. The first-order chi connectivity index (χ1) is 10.5. The second kappa shape index (κ2) is 7.32. The summed E-state index contributed by atoms with van der Waals surface area (Å²) in [5.74, 6) is 0.707. The van der Waals surface area contributed by atoms with Gasteiger partial charge in [0.25, 0.3) is 5.91 Å². The molecule has 2 aromatic rings. The highest BCUT2D eigenvalue weighted by molar-refractivity contribution is 6.30. The van der Waals surface area contributed by atoms with E-state index in [9.17, 15) is 4.79 Å². The molecule has 2 aromatic carbocycles. The highest BCUT2D eigenvalue weighted by atomic mass is 35.5. The number of aryl methyl sites for hydroxylation is 1. The fourth-order valence-corrected chi connectivity index (χ4v) is 2.35. The molecule has 2 rings (SSSR count). The summed E-state index contributed by atoms with van der Waals surface area (Å²) in [5, 5.41) is 3.67. The summed E-state index contributed by atoms with van der Waals surface area (Å²) >= 11 is 5.88. The average molecular weight is 318 g/mol. The van der Waals surface area contributed by atoms with E-state index in [2.05, 4.69) is 5.32 Å². The summed E-state index contributed by atoms with van der Waals surface area (Å²) in [6, 6.07) is 12.8. The quantitative estimate of drug-likeness (QED) is 0.879. The van der Waals surface area contributed by atoms with Gasteiger partial charge in [0.1, 0.15) is 5.75 Å². The summed E-state index contributed by atoms with van der Waals surface area (Å²) in [6.07, 6.45) is 0. The highest BCUT2D eigenvalue weighted by Crippen LogP contribution is 2.20. The molecule has 4 heteroatoms. The van der Waals surface area contributed by atoms with Gasteiger partial charge in [0.05, 0.1) is 12.6 Å². The summed E-state index contributed by atoms with van der Waals surface area (Å²) < 4.78 is 5.49. The van der Waals surface area contributed by atoms with Crippen LogP contribution in [0.15, 0.2) is 42.5 Å². The monoisotopic (exact) mass is 317 g/mol. The molecule has 0 heterocycles. The number of amides is 1. The Balaban J connectivity index is 2.08. The van der Waals surface area contributed by atoms with Crippen molar-refractivity contribution in [2.24, 2.45) is 0 Å². The molecule has 0 bridgehead atoms. The van der Waals surface area contributed by atoms with Crippen molar-refractivity contribution >= 4 is 17.5 Å². The standard InChI is InChI=1S/C18H20ClNO2/c1-4-22-17-10-7-15(11-12(17)2)18(21)20-13(3)14-5-8-16(19)9-6-14/h5-11,13H,4H2,1-3H3,(H,20,21)/t13-/m0/s1. The fourth-order valence-electron chi connectivity index (χ4n) is 2.22. The molecule has 0 unspecified atom stereocenters. The Bertz CT molecular complexity index is 653. The lowest BCUT2D eigenvalue weighted by molar-refractivity contribution is 0.0940. The summed E-state index contributed by atoms with van der Waals surface area (Å²) in [5.41, 5.74) is 2.59. The van der Waals surface area contributed by atoms with Crippen LogP contribution in [-0.4, -0.2) is 12.5 Å². The predicted octanol–water partition coefficient (Wildman–Crippen LogP) is 4.54. The Hall–Kier alpha value is -2.00. The molecule has 1 amide bonds. The minimum absolute atomic E-state index is 0.0864. The lowest BCUT2D eigenvalue weighted by Gasteiger charge is -2.15. The second-order valence-corrected chi connectivity index (χ2v) is 5.60. The van der Waals surface area contributed by atoms with Crippen LogP contribution in [0.2, 0.25) is 5.02 Å². The number of hydrogen-bond donors (Lipinski definition) is 1. The molecule has 22 heavy (non-hydrogen) atoms. The lowest BCUT2D eigenvalue weighted by atomic mass is 10.1. The molecule has 0 radical (unpaired) electrons. The summed E-state index contributed by atoms with van der Waals surface area (Å²) in [7, 11) is 0. The molecule has 0 aliphatic rings. The van der Waals surface area contributed by atoms with E-state index in [0.717, 1.165) is 16.9 Å². The average Bonchev–Trinajstić information content (AvgIpc) is 2.50. The van der Waals surface area contributed by atoms with E-state index in [0.29, 0.717) is 17.2 Å². The van der Waals surface area contributed by atoms with E-state index in [1.54, 1.807) is 6.07 Å². The van der Waals surface area contributed by atoms with Crippen LogP contribution in [-0.2, 0) is 0 Å². The van der Waals surface area contributed by atoms with Gasteiger partial charge in [0.2, 0.25) is 0 Å². The third-order valence-electron chi connectivity index (χ3n) is 3.45. The zero-order valence-corrected chi connectivity index (χ0v) is 13.8. The van der Waals surface area contributed by atoms with Crippen LogP contribution in [0.1, 0.15) is 41.4 Å². The van der Waals surface area contributed by atoms with Gasteiger partial charge in [-0.15, -0.1) is 0 Å². The van der Waals surface area contributed by atoms with Crippen LogP contribution in [0.4, 0.5) is 0 Å². The largest absolute Gasteiger partial charge is 0.494 e. The highest BCUT2D eigenvalue weighted by Gasteiger charge is 2.12. The van der Waals surface area contributed by atoms with Gasteiger partial charge < -0.3 is 10.1 Å². The van der Waals surface area contributed by atoms with E-state index in [-0.39, 0.29) is 11.9 Å². The molecule has 3 nitrogen and oxygen atoms in total. The van der Waals surface area contributed by atoms with Crippen LogP contribution >= 0.6 is 11.6 Å². The van der Waals surface area contributed by atoms with Crippen LogP contribution in [0.25, 0.3) is 0 Å². The number of carbonyl (C=O) groups excluding carboxylic acids is 1. The first-order valence-corrected chi connectivity index (χ1v) is 7.69. The number of nitrogens with one attached hydrogen (secondary N) is 1. The Morgan fingerprint density at radius 3 is 2.50 bits per heavy atom. The number of ether oxygens (including phenoxy) is 1. The SMILES string of the molecule is CCOc1ccc(C(=O)N[C@@H](C)c2ccc(Cl)cc2)cc1C. The topological polar surface area (TPSA) is 38.3 Å². The molecule has 0 aliphatic carbocycles. The number of hydrogen-bond acceptors (Lipinski definition) is 2. The van der Waals surface area contributed by atoms with Crippen LogP contribution in [0.5, 0.6) is 5.75 Å². The fraction of sp³-hybridized carbons (Fsp3) is 0.278. The third-order valence-corrected chi connectivity index (χ3v) is 3.71. The number of rotatable bonds is 5. The van der Waals surface area contributed by atoms with Gasteiger partial charge in [-0.25, -0.2) is 0 Å². The van der Waals surface area contributed by atoms with Crippen molar-refractivity contribution in [2.45, 2.75) is 26.8 Å². The van der Waals surface area contributed by atoms with Crippen molar-refractivity contribution in [2.75, 3.05) is 6.61 Å². The van der Waals surface area contributed by atoms with Crippen LogP contribution < -0.4 is 10.1 Å². The Morgan fingerprint density at radius 2 is 1.91 bits per heavy atom. The maximum atomic E-state index is 12.3. The van der Waals surface area contributed by atoms with E-state index in [1.807, 2.05) is 57.2 Å². The van der Waals surface area contributed by atoms with Crippen molar-refractivity contribution in [3.63, 3.8) is 0 Å². The number of carbonyl (C=O) groups is 1. The summed E-state index contributed by atoms with van der Waals surface area (Å²) in [4.78, 5) is 12.3. The van der Waals surface area contributed by atoms with Gasteiger partial charge in [-0.05, 0) is 62.2 Å². The second-order valence-electron chi connectivity index (χ2n) is 5.16. The van der Waals surface area contributed by atoms with Gasteiger partial charge in [0, 0.05) is 10.6 Å². The van der Waals surface area contributed by atoms with Crippen molar-refractivity contribution in [3.8, 4) is 5.75 Å². The van der Waals surface area contributed by atoms with Crippen molar-refractivity contribution in [1.82, 2.24) is 5.32 Å².